The van der Waals surface area contributed by atoms with Crippen LogP contribution in [0.4, 0.5) is 0 Å². The van der Waals surface area contributed by atoms with Gasteiger partial charge in [0.25, 0.3) is 0 Å². The second kappa shape index (κ2) is 11.9. The monoisotopic (exact) mass is 524 g/mol. The van der Waals surface area contributed by atoms with Crippen LogP contribution in [0.5, 0.6) is 0 Å². The van der Waals surface area contributed by atoms with Crippen molar-refractivity contribution in [3.63, 3.8) is 0 Å². The molecule has 0 aliphatic heterocycles. The lowest BCUT2D eigenvalue weighted by molar-refractivity contribution is -0.136. The number of rotatable bonds is 9. The molecule has 0 radical (unpaired) electrons. The topological polar surface area (TPSA) is 57.5 Å². The van der Waals surface area contributed by atoms with Crippen molar-refractivity contribution in [1.29, 1.82) is 0 Å². The standard InChI is InChI=1S/C36H44O3/c1-6-36(7-2,30-14-13-28(26(4)22-30)17-20-35(39)18-9-8-10-19-35)31-15-16-32(27(5)23-31)33-21-25(3)11-12-29(33)24-34(37)38/h11-17,20-23,39H,6-10,18-19,24H2,1-5H3,(H,37,38). The largest absolute Gasteiger partial charge is 0.481 e. The zero-order chi connectivity index (χ0) is 28.2. The molecule has 0 spiro atoms. The summed E-state index contributed by atoms with van der Waals surface area (Å²) < 4.78 is 0. The van der Waals surface area contributed by atoms with Gasteiger partial charge in [0.1, 0.15) is 0 Å². The van der Waals surface area contributed by atoms with Gasteiger partial charge in [-0.25, -0.2) is 0 Å². The van der Waals surface area contributed by atoms with Crippen LogP contribution in [0.15, 0.2) is 60.7 Å². The lowest BCUT2D eigenvalue weighted by Gasteiger charge is -2.34. The molecule has 1 saturated carbocycles. The Morgan fingerprint density at radius 3 is 2.08 bits per heavy atom. The minimum atomic E-state index is -0.813. The van der Waals surface area contributed by atoms with Gasteiger partial charge in [0.15, 0.2) is 0 Å². The van der Waals surface area contributed by atoms with Gasteiger partial charge in [0, 0.05) is 5.41 Å². The van der Waals surface area contributed by atoms with Gasteiger partial charge in [0.2, 0.25) is 0 Å². The third kappa shape index (κ3) is 6.20. The van der Waals surface area contributed by atoms with Crippen molar-refractivity contribution in [2.24, 2.45) is 0 Å². The number of aryl methyl sites for hydroxylation is 3. The summed E-state index contributed by atoms with van der Waals surface area (Å²) in [6, 6.07) is 19.6. The third-order valence-corrected chi connectivity index (χ3v) is 9.00. The van der Waals surface area contributed by atoms with Gasteiger partial charge >= 0.3 is 5.97 Å². The summed E-state index contributed by atoms with van der Waals surface area (Å²) in [5, 5.41) is 20.4. The van der Waals surface area contributed by atoms with Crippen LogP contribution in [-0.4, -0.2) is 21.8 Å². The van der Waals surface area contributed by atoms with Crippen molar-refractivity contribution in [2.45, 2.75) is 97.0 Å². The van der Waals surface area contributed by atoms with E-state index in [-0.39, 0.29) is 11.8 Å². The molecule has 3 nitrogen and oxygen atoms in total. The first-order chi connectivity index (χ1) is 18.6. The fourth-order valence-corrected chi connectivity index (χ4v) is 6.49. The van der Waals surface area contributed by atoms with Crippen LogP contribution in [0.3, 0.4) is 0 Å². The molecule has 0 atom stereocenters. The molecule has 2 N–H and O–H groups in total. The molecule has 0 bridgehead atoms. The van der Waals surface area contributed by atoms with E-state index in [1.807, 2.05) is 25.1 Å². The average molecular weight is 525 g/mol. The maximum absolute atomic E-state index is 11.5. The Morgan fingerprint density at radius 1 is 0.846 bits per heavy atom. The molecule has 1 aliphatic rings. The first kappa shape index (κ1) is 28.8. The highest BCUT2D eigenvalue weighted by Gasteiger charge is 2.32. The zero-order valence-corrected chi connectivity index (χ0v) is 24.3. The van der Waals surface area contributed by atoms with Gasteiger partial charge in [-0.05, 0) is 91.0 Å². The Hall–Kier alpha value is -3.17. The minimum Gasteiger partial charge on any atom is -0.481 e. The van der Waals surface area contributed by atoms with Crippen LogP contribution >= 0.6 is 0 Å². The second-order valence-corrected chi connectivity index (χ2v) is 11.6. The molecule has 3 heteroatoms. The van der Waals surface area contributed by atoms with Gasteiger partial charge in [-0.2, -0.15) is 0 Å². The number of carboxylic acid groups (broad SMARTS) is 1. The Morgan fingerprint density at radius 2 is 1.49 bits per heavy atom. The van der Waals surface area contributed by atoms with Crippen LogP contribution in [0.25, 0.3) is 17.2 Å². The average Bonchev–Trinajstić information content (AvgIpc) is 2.91. The van der Waals surface area contributed by atoms with E-state index in [2.05, 4.69) is 76.2 Å². The highest BCUT2D eigenvalue weighted by molar-refractivity contribution is 5.78. The fraction of sp³-hybridized carbons (Fsp3) is 0.417. The van der Waals surface area contributed by atoms with Crippen LogP contribution in [0, 0.1) is 20.8 Å². The molecule has 0 amide bonds. The Labute approximate surface area is 234 Å². The van der Waals surface area contributed by atoms with E-state index in [0.717, 1.165) is 71.9 Å². The molecule has 3 aromatic rings. The van der Waals surface area contributed by atoms with Gasteiger partial charge in [-0.15, -0.1) is 0 Å². The van der Waals surface area contributed by atoms with E-state index in [4.69, 9.17) is 0 Å². The number of aliphatic hydroxyl groups is 1. The van der Waals surface area contributed by atoms with Crippen molar-refractivity contribution in [1.82, 2.24) is 0 Å². The zero-order valence-electron chi connectivity index (χ0n) is 24.3. The summed E-state index contributed by atoms with van der Waals surface area (Å²) in [5.74, 6) is -0.813. The van der Waals surface area contributed by atoms with E-state index in [1.165, 1.54) is 23.1 Å². The number of hydrogen-bond acceptors (Lipinski definition) is 2. The molecule has 4 rings (SSSR count). The summed E-state index contributed by atoms with van der Waals surface area (Å²) in [7, 11) is 0. The Balaban J connectivity index is 1.70. The van der Waals surface area contributed by atoms with Gasteiger partial charge in [0.05, 0.1) is 12.0 Å². The molecule has 39 heavy (non-hydrogen) atoms. The summed E-state index contributed by atoms with van der Waals surface area (Å²) in [6.45, 7) is 10.9. The molecule has 0 saturated heterocycles. The van der Waals surface area contributed by atoms with Crippen molar-refractivity contribution >= 4 is 12.0 Å². The molecule has 1 fully saturated rings. The highest BCUT2D eigenvalue weighted by Crippen LogP contribution is 2.42. The van der Waals surface area contributed by atoms with Crippen LogP contribution in [-0.2, 0) is 16.6 Å². The molecular weight excluding hydrogens is 480 g/mol. The number of carboxylic acids is 1. The molecule has 206 valence electrons. The predicted octanol–water partition coefficient (Wildman–Crippen LogP) is 8.72. The minimum absolute atomic E-state index is 0.0160. The van der Waals surface area contributed by atoms with Crippen molar-refractivity contribution in [2.75, 3.05) is 0 Å². The molecule has 1 aliphatic carbocycles. The van der Waals surface area contributed by atoms with Crippen LogP contribution in [0.2, 0.25) is 0 Å². The fourth-order valence-electron chi connectivity index (χ4n) is 6.49. The van der Waals surface area contributed by atoms with E-state index >= 15 is 0 Å². The van der Waals surface area contributed by atoms with Crippen LogP contribution in [0.1, 0.15) is 97.7 Å². The third-order valence-electron chi connectivity index (χ3n) is 9.00. The summed E-state index contributed by atoms with van der Waals surface area (Å²) >= 11 is 0. The molecule has 0 unspecified atom stereocenters. The van der Waals surface area contributed by atoms with Gasteiger partial charge in [-0.3, -0.25) is 4.79 Å². The quantitative estimate of drug-likeness (QED) is 0.294. The van der Waals surface area contributed by atoms with Gasteiger partial charge in [-0.1, -0.05) is 105 Å². The van der Waals surface area contributed by atoms with E-state index in [0.29, 0.717) is 0 Å². The Bertz CT molecular complexity index is 1350. The number of carbonyl (C=O) groups is 1. The van der Waals surface area contributed by atoms with Gasteiger partial charge < -0.3 is 10.2 Å². The SMILES string of the molecule is CCC(CC)(c1ccc(C=CC2(O)CCCCC2)c(C)c1)c1ccc(-c2cc(C)ccc2CC(=O)O)c(C)c1. The number of aliphatic carboxylic acids is 1. The molecule has 0 aromatic heterocycles. The van der Waals surface area contributed by atoms with Crippen molar-refractivity contribution in [3.8, 4) is 11.1 Å². The lowest BCUT2D eigenvalue weighted by atomic mass is 9.69. The highest BCUT2D eigenvalue weighted by atomic mass is 16.4. The van der Waals surface area contributed by atoms with E-state index in [1.54, 1.807) is 0 Å². The lowest BCUT2D eigenvalue weighted by Crippen LogP contribution is -2.28. The number of benzene rings is 3. The van der Waals surface area contributed by atoms with Crippen molar-refractivity contribution in [3.05, 3.63) is 99.6 Å². The Kier molecular flexibility index (Phi) is 8.81. The smallest absolute Gasteiger partial charge is 0.307 e. The first-order valence-corrected chi connectivity index (χ1v) is 14.6. The van der Waals surface area contributed by atoms with E-state index < -0.39 is 11.6 Å². The summed E-state index contributed by atoms with van der Waals surface area (Å²) in [5.41, 5.74) is 9.44. The molecule has 3 aromatic carbocycles. The van der Waals surface area contributed by atoms with Crippen molar-refractivity contribution < 1.29 is 15.0 Å². The molecule has 0 heterocycles. The maximum atomic E-state index is 11.5. The molecular formula is C36H44O3. The van der Waals surface area contributed by atoms with E-state index in [9.17, 15) is 15.0 Å². The summed E-state index contributed by atoms with van der Waals surface area (Å²) in [6.07, 6.45) is 11.2. The maximum Gasteiger partial charge on any atom is 0.307 e. The number of hydrogen-bond donors (Lipinski definition) is 2. The normalized spacial score (nSPS) is 15.5. The predicted molar refractivity (Wildman–Crippen MR) is 162 cm³/mol. The second-order valence-electron chi connectivity index (χ2n) is 11.6. The summed E-state index contributed by atoms with van der Waals surface area (Å²) in [4.78, 5) is 11.5. The first-order valence-electron chi connectivity index (χ1n) is 14.6. The van der Waals surface area contributed by atoms with Crippen LogP contribution < -0.4 is 0 Å².